The molecule has 0 aliphatic rings. The zero-order valence-corrected chi connectivity index (χ0v) is 14.3. The molecule has 0 spiro atoms. The molecule has 1 heterocycles. The van der Waals surface area contributed by atoms with Gasteiger partial charge in [0.05, 0.1) is 27.2 Å². The van der Waals surface area contributed by atoms with Crippen LogP contribution in [0.3, 0.4) is 0 Å². The Labute approximate surface area is 148 Å². The average Bonchev–Trinajstić information content (AvgIpc) is 3.01. The molecule has 6 nitrogen and oxygen atoms in total. The second-order valence-electron chi connectivity index (χ2n) is 5.42. The number of benzene rings is 2. The Balaban J connectivity index is 1.71. The van der Waals surface area contributed by atoms with E-state index in [1.54, 1.807) is 36.6 Å². The maximum atomic E-state index is 12.3. The number of carbonyl (C=O) groups excluding carboxylic acids is 1. The Morgan fingerprint density at radius 1 is 1.24 bits per heavy atom. The van der Waals surface area contributed by atoms with E-state index in [4.69, 9.17) is 0 Å². The molecule has 0 radical (unpaired) electrons. The Morgan fingerprint density at radius 2 is 1.96 bits per heavy atom. The number of likely N-dealkylation sites (N-methyl/N-ethyl adjacent to an activating group) is 1. The van der Waals surface area contributed by atoms with Crippen molar-refractivity contribution in [3.05, 3.63) is 75.3 Å². The Morgan fingerprint density at radius 3 is 2.72 bits per heavy atom. The van der Waals surface area contributed by atoms with Crippen LogP contribution < -0.4 is 0 Å². The highest BCUT2D eigenvalue weighted by molar-refractivity contribution is 7.18. The van der Waals surface area contributed by atoms with E-state index in [9.17, 15) is 14.9 Å². The lowest BCUT2D eigenvalue weighted by molar-refractivity contribution is -0.385. The number of fused-ring (bicyclic) bond motifs is 1. The van der Waals surface area contributed by atoms with Crippen molar-refractivity contribution in [3.63, 3.8) is 0 Å². The largest absolute Gasteiger partial charge is 0.335 e. The topological polar surface area (TPSA) is 76.3 Å². The van der Waals surface area contributed by atoms with Crippen LogP contribution in [0.5, 0.6) is 0 Å². The van der Waals surface area contributed by atoms with E-state index in [-0.39, 0.29) is 11.6 Å². The number of thiazole rings is 1. The number of hydrogen-bond acceptors (Lipinski definition) is 5. The van der Waals surface area contributed by atoms with E-state index in [1.807, 2.05) is 24.3 Å². The van der Waals surface area contributed by atoms with Crippen LogP contribution in [-0.4, -0.2) is 27.8 Å². The highest BCUT2D eigenvalue weighted by atomic mass is 32.1. The number of hydrogen-bond donors (Lipinski definition) is 0. The highest BCUT2D eigenvalue weighted by Gasteiger charge is 2.12. The third-order valence-corrected chi connectivity index (χ3v) is 4.65. The molecule has 7 heteroatoms. The molecular formula is C18H15N3O3S. The van der Waals surface area contributed by atoms with Crippen molar-refractivity contribution in [3.8, 4) is 0 Å². The summed E-state index contributed by atoms with van der Waals surface area (Å²) in [6.45, 7) is 0.388. The molecule has 1 aromatic heterocycles. The van der Waals surface area contributed by atoms with Crippen LogP contribution in [0, 0.1) is 10.1 Å². The van der Waals surface area contributed by atoms with Gasteiger partial charge in [-0.05, 0) is 24.3 Å². The molecule has 0 aliphatic heterocycles. The highest BCUT2D eigenvalue weighted by Crippen LogP contribution is 2.23. The first kappa shape index (κ1) is 16.8. The molecule has 1 amide bonds. The van der Waals surface area contributed by atoms with Crippen LogP contribution in [0.1, 0.15) is 10.6 Å². The van der Waals surface area contributed by atoms with Crippen molar-refractivity contribution >= 4 is 39.2 Å². The maximum absolute atomic E-state index is 12.3. The molecule has 0 atom stereocenters. The van der Waals surface area contributed by atoms with Crippen molar-refractivity contribution in [1.29, 1.82) is 0 Å². The van der Waals surface area contributed by atoms with E-state index in [0.29, 0.717) is 12.1 Å². The molecule has 0 bridgehead atoms. The standard InChI is InChI=1S/C18H15N3O3S/c1-20(12-17-19-14-7-3-5-9-16(14)25-17)18(22)11-10-13-6-2-4-8-15(13)21(23)24/h2-11H,12H2,1H3/b11-10+. The van der Waals surface area contributed by atoms with Crippen LogP contribution in [-0.2, 0) is 11.3 Å². The summed E-state index contributed by atoms with van der Waals surface area (Å²) >= 11 is 1.55. The van der Waals surface area contributed by atoms with Crippen molar-refractivity contribution in [2.24, 2.45) is 0 Å². The van der Waals surface area contributed by atoms with Gasteiger partial charge in [0.25, 0.3) is 5.69 Å². The van der Waals surface area contributed by atoms with Crippen LogP contribution >= 0.6 is 11.3 Å². The van der Waals surface area contributed by atoms with Gasteiger partial charge < -0.3 is 4.90 Å². The number of rotatable bonds is 5. The normalized spacial score (nSPS) is 11.1. The molecule has 25 heavy (non-hydrogen) atoms. The summed E-state index contributed by atoms with van der Waals surface area (Å²) in [5, 5.41) is 11.8. The predicted molar refractivity (Wildman–Crippen MR) is 98.2 cm³/mol. The third kappa shape index (κ3) is 3.89. The van der Waals surface area contributed by atoms with Crippen molar-refractivity contribution in [1.82, 2.24) is 9.88 Å². The van der Waals surface area contributed by atoms with Gasteiger partial charge in [0.15, 0.2) is 0 Å². The number of amides is 1. The summed E-state index contributed by atoms with van der Waals surface area (Å²) in [6, 6.07) is 14.1. The van der Waals surface area contributed by atoms with E-state index in [1.165, 1.54) is 23.1 Å². The van der Waals surface area contributed by atoms with Gasteiger partial charge in [-0.2, -0.15) is 0 Å². The summed E-state index contributed by atoms with van der Waals surface area (Å²) < 4.78 is 1.08. The summed E-state index contributed by atoms with van der Waals surface area (Å²) in [4.78, 5) is 28.8. The van der Waals surface area contributed by atoms with Gasteiger partial charge in [-0.15, -0.1) is 11.3 Å². The summed E-state index contributed by atoms with van der Waals surface area (Å²) in [5.41, 5.74) is 1.29. The van der Waals surface area contributed by atoms with Gasteiger partial charge in [-0.1, -0.05) is 24.3 Å². The van der Waals surface area contributed by atoms with E-state index in [2.05, 4.69) is 4.98 Å². The fourth-order valence-corrected chi connectivity index (χ4v) is 3.37. The first-order valence-electron chi connectivity index (χ1n) is 7.55. The molecule has 0 saturated heterocycles. The van der Waals surface area contributed by atoms with Gasteiger partial charge >= 0.3 is 0 Å². The molecule has 3 aromatic rings. The lowest BCUT2D eigenvalue weighted by Crippen LogP contribution is -2.23. The van der Waals surface area contributed by atoms with Crippen LogP contribution in [0.4, 0.5) is 5.69 Å². The van der Waals surface area contributed by atoms with Gasteiger partial charge in [0.2, 0.25) is 5.91 Å². The first-order valence-corrected chi connectivity index (χ1v) is 8.37. The average molecular weight is 353 g/mol. The molecule has 126 valence electrons. The van der Waals surface area contributed by atoms with Crippen LogP contribution in [0.25, 0.3) is 16.3 Å². The smallest absolute Gasteiger partial charge is 0.276 e. The van der Waals surface area contributed by atoms with Crippen molar-refractivity contribution in [2.45, 2.75) is 6.54 Å². The molecule has 0 aliphatic carbocycles. The number of nitro benzene ring substituents is 1. The minimum Gasteiger partial charge on any atom is -0.335 e. The Kier molecular flexibility index (Phi) is 4.85. The van der Waals surface area contributed by atoms with Crippen LogP contribution in [0.15, 0.2) is 54.6 Å². The lowest BCUT2D eigenvalue weighted by Gasteiger charge is -2.12. The minimum absolute atomic E-state index is 0.0274. The zero-order chi connectivity index (χ0) is 17.8. The summed E-state index contributed by atoms with van der Waals surface area (Å²) in [7, 11) is 1.68. The number of carbonyl (C=O) groups is 1. The summed E-state index contributed by atoms with van der Waals surface area (Å²) in [6.07, 6.45) is 2.81. The van der Waals surface area contributed by atoms with Gasteiger partial charge in [0.1, 0.15) is 5.01 Å². The summed E-state index contributed by atoms with van der Waals surface area (Å²) in [5.74, 6) is -0.239. The maximum Gasteiger partial charge on any atom is 0.276 e. The van der Waals surface area contributed by atoms with Gasteiger partial charge in [-0.3, -0.25) is 14.9 Å². The van der Waals surface area contributed by atoms with Crippen LogP contribution in [0.2, 0.25) is 0 Å². The molecule has 0 N–H and O–H groups in total. The number of nitrogens with zero attached hydrogens (tertiary/aromatic N) is 3. The predicted octanol–water partition coefficient (Wildman–Crippen LogP) is 3.88. The lowest BCUT2D eigenvalue weighted by atomic mass is 10.1. The fraction of sp³-hybridized carbons (Fsp3) is 0.111. The van der Waals surface area contributed by atoms with E-state index in [0.717, 1.165) is 15.2 Å². The minimum atomic E-state index is -0.463. The number of aromatic nitrogens is 1. The van der Waals surface area contributed by atoms with E-state index >= 15 is 0 Å². The Bertz CT molecular complexity index is 932. The quantitative estimate of drug-likeness (QED) is 0.396. The van der Waals surface area contributed by atoms with Crippen molar-refractivity contribution < 1.29 is 9.72 Å². The van der Waals surface area contributed by atoms with Gasteiger partial charge in [0, 0.05) is 19.2 Å². The molecule has 3 rings (SSSR count). The third-order valence-electron chi connectivity index (χ3n) is 3.63. The number of para-hydroxylation sites is 2. The Hall–Kier alpha value is -3.06. The molecular weight excluding hydrogens is 338 g/mol. The molecule has 0 unspecified atom stereocenters. The molecule has 0 fully saturated rings. The van der Waals surface area contributed by atoms with Crippen molar-refractivity contribution in [2.75, 3.05) is 7.05 Å². The van der Waals surface area contributed by atoms with Gasteiger partial charge in [-0.25, -0.2) is 4.98 Å². The second-order valence-corrected chi connectivity index (χ2v) is 6.53. The fourth-order valence-electron chi connectivity index (χ4n) is 2.35. The zero-order valence-electron chi connectivity index (χ0n) is 13.5. The monoisotopic (exact) mass is 353 g/mol. The number of nitro groups is 1. The molecule has 2 aromatic carbocycles. The molecule has 0 saturated carbocycles. The SMILES string of the molecule is CN(Cc1nc2ccccc2s1)C(=O)/C=C/c1ccccc1[N+](=O)[O-]. The van der Waals surface area contributed by atoms with E-state index < -0.39 is 4.92 Å². The second kappa shape index (κ2) is 7.23. The first-order chi connectivity index (χ1) is 12.0.